The van der Waals surface area contributed by atoms with Crippen molar-refractivity contribution in [3.8, 4) is 11.5 Å². The lowest BCUT2D eigenvalue weighted by Crippen LogP contribution is -2.43. The Morgan fingerprint density at radius 3 is 2.64 bits per heavy atom. The van der Waals surface area contributed by atoms with Gasteiger partial charge >= 0.3 is 6.03 Å². The van der Waals surface area contributed by atoms with Crippen LogP contribution < -0.4 is 14.8 Å². The Bertz CT molecular complexity index is 828. The fourth-order valence-corrected chi connectivity index (χ4v) is 2.95. The second kappa shape index (κ2) is 8.93. The highest BCUT2D eigenvalue weighted by atomic mass is 19.1. The summed E-state index contributed by atoms with van der Waals surface area (Å²) in [6.45, 7) is 3.49. The first-order valence-corrected chi connectivity index (χ1v) is 9.27. The van der Waals surface area contributed by atoms with E-state index >= 15 is 0 Å². The monoisotopic (exact) mass is 387 g/mol. The number of hydrogen-bond donors (Lipinski definition) is 1. The molecule has 0 saturated heterocycles. The quantitative estimate of drug-likeness (QED) is 0.791. The van der Waals surface area contributed by atoms with E-state index in [0.717, 1.165) is 5.56 Å². The van der Waals surface area contributed by atoms with Gasteiger partial charge in [-0.25, -0.2) is 9.18 Å². The maximum atomic E-state index is 14.1. The van der Waals surface area contributed by atoms with Gasteiger partial charge < -0.3 is 24.6 Å². The van der Waals surface area contributed by atoms with E-state index in [1.54, 1.807) is 23.1 Å². The third-order valence-corrected chi connectivity index (χ3v) is 4.66. The molecule has 1 aliphatic rings. The van der Waals surface area contributed by atoms with Crippen LogP contribution >= 0.6 is 0 Å². The van der Waals surface area contributed by atoms with Crippen molar-refractivity contribution < 1.29 is 18.7 Å². The maximum Gasteiger partial charge on any atom is 0.318 e. The van der Waals surface area contributed by atoms with Gasteiger partial charge in [-0.05, 0) is 44.8 Å². The molecule has 2 aromatic carbocycles. The SMILES string of the molecule is CC(NC(=O)N(CCN(C)C)Cc1ccccc1F)c1ccc2c(c1)OCO2. The minimum Gasteiger partial charge on any atom is -0.454 e. The lowest BCUT2D eigenvalue weighted by molar-refractivity contribution is 0.173. The van der Waals surface area contributed by atoms with E-state index in [4.69, 9.17) is 9.47 Å². The molecule has 1 unspecified atom stereocenters. The molecule has 2 amide bonds. The van der Waals surface area contributed by atoms with Crippen LogP contribution in [0.3, 0.4) is 0 Å². The fraction of sp³-hybridized carbons (Fsp3) is 0.381. The van der Waals surface area contributed by atoms with E-state index in [0.29, 0.717) is 30.2 Å². The normalized spacial score (nSPS) is 13.5. The van der Waals surface area contributed by atoms with Gasteiger partial charge in [-0.2, -0.15) is 0 Å². The van der Waals surface area contributed by atoms with Crippen molar-refractivity contribution in [1.82, 2.24) is 15.1 Å². The molecule has 0 bridgehead atoms. The predicted molar refractivity (Wildman–Crippen MR) is 105 cm³/mol. The number of carbonyl (C=O) groups excluding carboxylic acids is 1. The molecule has 2 aromatic rings. The molecule has 150 valence electrons. The van der Waals surface area contributed by atoms with E-state index in [1.165, 1.54) is 6.07 Å². The van der Waals surface area contributed by atoms with Gasteiger partial charge in [0.2, 0.25) is 6.79 Å². The van der Waals surface area contributed by atoms with Crippen LogP contribution in [0.1, 0.15) is 24.1 Å². The van der Waals surface area contributed by atoms with Crippen molar-refractivity contribution in [3.63, 3.8) is 0 Å². The molecule has 0 aliphatic carbocycles. The van der Waals surface area contributed by atoms with Gasteiger partial charge in [0, 0.05) is 18.7 Å². The Morgan fingerprint density at radius 2 is 1.89 bits per heavy atom. The van der Waals surface area contributed by atoms with Gasteiger partial charge in [0.1, 0.15) is 5.82 Å². The first-order chi connectivity index (χ1) is 13.4. The number of halogens is 1. The summed E-state index contributed by atoms with van der Waals surface area (Å²) < 4.78 is 24.8. The number of benzene rings is 2. The molecule has 0 radical (unpaired) electrons. The van der Waals surface area contributed by atoms with Crippen molar-refractivity contribution in [2.75, 3.05) is 34.0 Å². The zero-order chi connectivity index (χ0) is 20.1. The number of nitrogens with one attached hydrogen (secondary N) is 1. The first-order valence-electron chi connectivity index (χ1n) is 9.27. The smallest absolute Gasteiger partial charge is 0.318 e. The molecular formula is C21H26FN3O3. The molecular weight excluding hydrogens is 361 g/mol. The van der Waals surface area contributed by atoms with Crippen molar-refractivity contribution in [1.29, 1.82) is 0 Å². The number of amides is 2. The van der Waals surface area contributed by atoms with E-state index in [2.05, 4.69) is 5.32 Å². The van der Waals surface area contributed by atoms with E-state index in [-0.39, 0.29) is 31.2 Å². The summed E-state index contributed by atoms with van der Waals surface area (Å²) in [4.78, 5) is 16.5. The summed E-state index contributed by atoms with van der Waals surface area (Å²) in [5.74, 6) is 1.07. The standard InChI is InChI=1S/C21H26FN3O3/c1-15(16-8-9-19-20(12-16)28-14-27-19)23-21(26)25(11-10-24(2)3)13-17-6-4-5-7-18(17)22/h4-9,12,15H,10-11,13-14H2,1-3H3,(H,23,26). The lowest BCUT2D eigenvalue weighted by Gasteiger charge is -2.27. The van der Waals surface area contributed by atoms with Gasteiger partial charge in [-0.1, -0.05) is 24.3 Å². The van der Waals surface area contributed by atoms with Crippen molar-refractivity contribution >= 4 is 6.03 Å². The second-order valence-electron chi connectivity index (χ2n) is 7.10. The molecule has 0 aromatic heterocycles. The molecule has 7 heteroatoms. The highest BCUT2D eigenvalue weighted by Crippen LogP contribution is 2.34. The zero-order valence-electron chi connectivity index (χ0n) is 16.4. The Labute approximate surface area is 164 Å². The minimum absolute atomic E-state index is 0.209. The first kappa shape index (κ1) is 19.9. The number of fused-ring (bicyclic) bond motifs is 1. The molecule has 1 aliphatic heterocycles. The van der Waals surface area contributed by atoms with Crippen LogP contribution in [0.5, 0.6) is 11.5 Å². The summed E-state index contributed by atoms with van der Waals surface area (Å²) in [6, 6.07) is 11.7. The largest absolute Gasteiger partial charge is 0.454 e. The van der Waals surface area contributed by atoms with E-state index < -0.39 is 0 Å². The predicted octanol–water partition coefficient (Wildman–Crippen LogP) is 3.39. The van der Waals surface area contributed by atoms with Crippen LogP contribution in [0.25, 0.3) is 0 Å². The summed E-state index contributed by atoms with van der Waals surface area (Å²) in [5, 5.41) is 3.00. The topological polar surface area (TPSA) is 54.0 Å². The fourth-order valence-electron chi connectivity index (χ4n) is 2.95. The van der Waals surface area contributed by atoms with E-state index in [9.17, 15) is 9.18 Å². The highest BCUT2D eigenvalue weighted by molar-refractivity contribution is 5.74. The number of carbonyl (C=O) groups is 1. The van der Waals surface area contributed by atoms with E-state index in [1.807, 2.05) is 44.1 Å². The van der Waals surface area contributed by atoms with Crippen LogP contribution in [0, 0.1) is 5.82 Å². The van der Waals surface area contributed by atoms with Crippen molar-refractivity contribution in [2.24, 2.45) is 0 Å². The van der Waals surface area contributed by atoms with Gasteiger partial charge in [0.25, 0.3) is 0 Å². The average molecular weight is 387 g/mol. The molecule has 0 fully saturated rings. The molecule has 6 nitrogen and oxygen atoms in total. The summed E-state index contributed by atoms with van der Waals surface area (Å²) in [6.07, 6.45) is 0. The van der Waals surface area contributed by atoms with Crippen molar-refractivity contribution in [2.45, 2.75) is 19.5 Å². The van der Waals surface area contributed by atoms with Gasteiger partial charge in [0.15, 0.2) is 11.5 Å². The number of hydrogen-bond acceptors (Lipinski definition) is 4. The third-order valence-electron chi connectivity index (χ3n) is 4.66. The molecule has 1 atom stereocenters. The molecule has 0 saturated carbocycles. The van der Waals surface area contributed by atoms with Crippen molar-refractivity contribution in [3.05, 3.63) is 59.4 Å². The number of nitrogens with zero attached hydrogens (tertiary/aromatic N) is 2. The molecule has 28 heavy (non-hydrogen) atoms. The summed E-state index contributed by atoms with van der Waals surface area (Å²) >= 11 is 0. The second-order valence-corrected chi connectivity index (χ2v) is 7.10. The number of rotatable bonds is 7. The highest BCUT2D eigenvalue weighted by Gasteiger charge is 2.20. The van der Waals surface area contributed by atoms with Crippen LogP contribution in [0.4, 0.5) is 9.18 Å². The number of urea groups is 1. The molecule has 1 N–H and O–H groups in total. The van der Waals surface area contributed by atoms with Crippen LogP contribution in [-0.2, 0) is 6.54 Å². The zero-order valence-corrected chi connectivity index (χ0v) is 16.4. The molecule has 1 heterocycles. The lowest BCUT2D eigenvalue weighted by atomic mass is 10.1. The van der Waals surface area contributed by atoms with Crippen LogP contribution in [-0.4, -0.2) is 49.8 Å². The van der Waals surface area contributed by atoms with Crippen LogP contribution in [0.15, 0.2) is 42.5 Å². The third kappa shape index (κ3) is 4.92. The minimum atomic E-state index is -0.311. The molecule has 3 rings (SSSR count). The average Bonchev–Trinajstić information content (AvgIpc) is 3.14. The Hall–Kier alpha value is -2.80. The van der Waals surface area contributed by atoms with Crippen LogP contribution in [0.2, 0.25) is 0 Å². The summed E-state index contributed by atoms with van der Waals surface area (Å²) in [5.41, 5.74) is 1.41. The Kier molecular flexibility index (Phi) is 6.36. The number of ether oxygens (including phenoxy) is 2. The Balaban J connectivity index is 1.70. The van der Waals surface area contributed by atoms with Gasteiger partial charge in [-0.3, -0.25) is 0 Å². The van der Waals surface area contributed by atoms with Gasteiger partial charge in [0.05, 0.1) is 12.6 Å². The van der Waals surface area contributed by atoms with Gasteiger partial charge in [-0.15, -0.1) is 0 Å². The summed E-state index contributed by atoms with van der Waals surface area (Å²) in [7, 11) is 3.88. The Morgan fingerprint density at radius 1 is 1.14 bits per heavy atom. The molecule has 0 spiro atoms. The maximum absolute atomic E-state index is 14.1. The number of likely N-dealkylation sites (N-methyl/N-ethyl adjacent to an activating group) is 1.